The van der Waals surface area contributed by atoms with Crippen LogP contribution in [0.1, 0.15) is 44.4 Å². The molecule has 0 spiro atoms. The molecule has 0 saturated carbocycles. The van der Waals surface area contributed by atoms with Crippen molar-refractivity contribution in [1.82, 2.24) is 5.32 Å². The summed E-state index contributed by atoms with van der Waals surface area (Å²) in [6, 6.07) is 3.22. The second-order valence-electron chi connectivity index (χ2n) is 4.77. The molecule has 112 valence electrons. The van der Waals surface area contributed by atoms with Gasteiger partial charge in [0.2, 0.25) is 5.91 Å². The van der Waals surface area contributed by atoms with Crippen molar-refractivity contribution in [3.05, 3.63) is 22.4 Å². The first-order valence-corrected chi connectivity index (χ1v) is 7.99. The van der Waals surface area contributed by atoms with Crippen molar-refractivity contribution in [3.8, 4) is 0 Å². The number of hydrogen-bond acceptors (Lipinski definition) is 4. The van der Waals surface area contributed by atoms with E-state index in [1.54, 1.807) is 6.92 Å². The molecule has 1 rings (SSSR count). The number of unbranched alkanes of at least 4 members (excludes halogenated alkanes) is 3. The molecule has 0 bridgehead atoms. The van der Waals surface area contributed by atoms with Gasteiger partial charge in [-0.2, -0.15) is 0 Å². The molecular formula is C15H23NO3S. The third-order valence-electron chi connectivity index (χ3n) is 2.89. The van der Waals surface area contributed by atoms with Gasteiger partial charge in [-0.05, 0) is 24.8 Å². The minimum atomic E-state index is -0.589. The summed E-state index contributed by atoms with van der Waals surface area (Å²) in [5.74, 6) is -0.510. The highest BCUT2D eigenvalue weighted by Crippen LogP contribution is 2.09. The summed E-state index contributed by atoms with van der Waals surface area (Å²) in [6.45, 7) is 4.22. The number of carbonyl (C=O) groups excluding carboxylic acids is 2. The largest absolute Gasteiger partial charge is 0.464 e. The van der Waals surface area contributed by atoms with E-state index in [9.17, 15) is 9.59 Å². The van der Waals surface area contributed by atoms with Crippen LogP contribution in [0, 0.1) is 0 Å². The zero-order valence-corrected chi connectivity index (χ0v) is 13.0. The molecule has 0 radical (unpaired) electrons. The van der Waals surface area contributed by atoms with Gasteiger partial charge < -0.3 is 10.1 Å². The Bertz CT molecular complexity index is 403. The SMILES string of the molecule is CCCCCCOC(=O)C(C)NC(=O)Cc1cccs1. The van der Waals surface area contributed by atoms with Crippen molar-refractivity contribution in [1.29, 1.82) is 0 Å². The standard InChI is InChI=1S/C15H23NO3S/c1-3-4-5-6-9-19-15(18)12(2)16-14(17)11-13-8-7-10-20-13/h7-8,10,12H,3-6,9,11H2,1-2H3,(H,16,17). The molecule has 0 aliphatic carbocycles. The number of thiophene rings is 1. The molecular weight excluding hydrogens is 274 g/mol. The van der Waals surface area contributed by atoms with Gasteiger partial charge in [-0.3, -0.25) is 4.79 Å². The third kappa shape index (κ3) is 6.70. The van der Waals surface area contributed by atoms with Gasteiger partial charge in [0.15, 0.2) is 0 Å². The molecule has 0 fully saturated rings. The second kappa shape index (κ2) is 9.53. The van der Waals surface area contributed by atoms with E-state index in [4.69, 9.17) is 4.74 Å². The van der Waals surface area contributed by atoms with E-state index in [1.165, 1.54) is 11.3 Å². The van der Waals surface area contributed by atoms with E-state index >= 15 is 0 Å². The highest BCUT2D eigenvalue weighted by molar-refractivity contribution is 7.10. The Labute approximate surface area is 124 Å². The van der Waals surface area contributed by atoms with E-state index in [1.807, 2.05) is 17.5 Å². The minimum absolute atomic E-state index is 0.150. The van der Waals surface area contributed by atoms with Crippen LogP contribution in [0.15, 0.2) is 17.5 Å². The van der Waals surface area contributed by atoms with Crippen LogP contribution in [-0.2, 0) is 20.7 Å². The number of hydrogen-bond donors (Lipinski definition) is 1. The van der Waals surface area contributed by atoms with E-state index in [2.05, 4.69) is 12.2 Å². The van der Waals surface area contributed by atoms with Crippen LogP contribution in [0.2, 0.25) is 0 Å². The molecule has 5 heteroatoms. The summed E-state index contributed by atoms with van der Waals surface area (Å²) in [5.41, 5.74) is 0. The van der Waals surface area contributed by atoms with E-state index in [0.717, 1.165) is 30.6 Å². The summed E-state index contributed by atoms with van der Waals surface area (Å²) in [7, 11) is 0. The first-order valence-electron chi connectivity index (χ1n) is 7.12. The van der Waals surface area contributed by atoms with Gasteiger partial charge in [0.1, 0.15) is 6.04 Å². The fraction of sp³-hybridized carbons (Fsp3) is 0.600. The second-order valence-corrected chi connectivity index (χ2v) is 5.81. The van der Waals surface area contributed by atoms with Crippen LogP contribution in [-0.4, -0.2) is 24.5 Å². The molecule has 1 aromatic heterocycles. The van der Waals surface area contributed by atoms with Crippen LogP contribution in [0.4, 0.5) is 0 Å². The first kappa shape index (κ1) is 16.7. The molecule has 0 aliphatic rings. The van der Waals surface area contributed by atoms with E-state index in [-0.39, 0.29) is 11.9 Å². The zero-order valence-electron chi connectivity index (χ0n) is 12.2. The number of esters is 1. The van der Waals surface area contributed by atoms with Gasteiger partial charge in [-0.1, -0.05) is 32.3 Å². The van der Waals surface area contributed by atoms with Crippen LogP contribution in [0.3, 0.4) is 0 Å². The molecule has 0 saturated heterocycles. The lowest BCUT2D eigenvalue weighted by molar-refractivity contribution is -0.147. The van der Waals surface area contributed by atoms with Gasteiger partial charge in [0.25, 0.3) is 0 Å². The molecule has 1 unspecified atom stereocenters. The summed E-state index contributed by atoms with van der Waals surface area (Å²) in [4.78, 5) is 24.4. The summed E-state index contributed by atoms with van der Waals surface area (Å²) in [5, 5.41) is 4.59. The van der Waals surface area contributed by atoms with Gasteiger partial charge in [0, 0.05) is 4.88 Å². The molecule has 0 aliphatic heterocycles. The third-order valence-corrected chi connectivity index (χ3v) is 3.76. The maximum Gasteiger partial charge on any atom is 0.328 e. The molecule has 1 amide bonds. The Hall–Kier alpha value is -1.36. The van der Waals surface area contributed by atoms with Gasteiger partial charge in [-0.15, -0.1) is 11.3 Å². The number of nitrogens with one attached hydrogen (secondary N) is 1. The maximum atomic E-state index is 11.7. The van der Waals surface area contributed by atoms with Gasteiger partial charge in [-0.25, -0.2) is 4.79 Å². The van der Waals surface area contributed by atoms with Crippen LogP contribution in [0.25, 0.3) is 0 Å². The first-order chi connectivity index (χ1) is 9.63. The molecule has 1 aromatic rings. The lowest BCUT2D eigenvalue weighted by Crippen LogP contribution is -2.40. The van der Waals surface area contributed by atoms with Gasteiger partial charge in [0.05, 0.1) is 13.0 Å². The summed E-state index contributed by atoms with van der Waals surface area (Å²) in [6.07, 6.45) is 4.58. The lowest BCUT2D eigenvalue weighted by Gasteiger charge is -2.13. The summed E-state index contributed by atoms with van der Waals surface area (Å²) < 4.78 is 5.14. The average Bonchev–Trinajstić information content (AvgIpc) is 2.90. The number of ether oxygens (including phenoxy) is 1. The predicted octanol–water partition coefficient (Wildman–Crippen LogP) is 2.92. The smallest absolute Gasteiger partial charge is 0.328 e. The topological polar surface area (TPSA) is 55.4 Å². The highest BCUT2D eigenvalue weighted by Gasteiger charge is 2.17. The molecule has 1 N–H and O–H groups in total. The molecule has 4 nitrogen and oxygen atoms in total. The Morgan fingerprint density at radius 1 is 1.35 bits per heavy atom. The van der Waals surface area contributed by atoms with Crippen LogP contribution >= 0.6 is 11.3 Å². The van der Waals surface area contributed by atoms with E-state index < -0.39 is 6.04 Å². The molecule has 1 atom stereocenters. The molecule has 1 heterocycles. The Kier molecular flexibility index (Phi) is 7.95. The van der Waals surface area contributed by atoms with Crippen molar-refractivity contribution in [2.75, 3.05) is 6.61 Å². The fourth-order valence-corrected chi connectivity index (χ4v) is 2.45. The Balaban J connectivity index is 2.18. The summed E-state index contributed by atoms with van der Waals surface area (Å²) >= 11 is 1.53. The quantitative estimate of drug-likeness (QED) is 0.563. The molecule has 20 heavy (non-hydrogen) atoms. The highest BCUT2D eigenvalue weighted by atomic mass is 32.1. The average molecular weight is 297 g/mol. The maximum absolute atomic E-state index is 11.7. The van der Waals surface area contributed by atoms with Crippen molar-refractivity contribution in [3.63, 3.8) is 0 Å². The Morgan fingerprint density at radius 3 is 2.80 bits per heavy atom. The van der Waals surface area contributed by atoms with Crippen molar-refractivity contribution >= 4 is 23.2 Å². The van der Waals surface area contributed by atoms with Crippen molar-refractivity contribution in [2.45, 2.75) is 52.0 Å². The number of amides is 1. The lowest BCUT2D eigenvalue weighted by atomic mass is 10.2. The number of carbonyl (C=O) groups is 2. The minimum Gasteiger partial charge on any atom is -0.464 e. The van der Waals surface area contributed by atoms with Gasteiger partial charge >= 0.3 is 5.97 Å². The normalized spacial score (nSPS) is 11.9. The van der Waals surface area contributed by atoms with Crippen LogP contribution < -0.4 is 5.32 Å². The zero-order chi connectivity index (χ0) is 14.8. The van der Waals surface area contributed by atoms with Crippen LogP contribution in [0.5, 0.6) is 0 Å². The fourth-order valence-electron chi connectivity index (χ4n) is 1.75. The number of rotatable bonds is 9. The van der Waals surface area contributed by atoms with Crippen molar-refractivity contribution in [2.24, 2.45) is 0 Å². The predicted molar refractivity (Wildman–Crippen MR) is 80.7 cm³/mol. The van der Waals surface area contributed by atoms with E-state index in [0.29, 0.717) is 13.0 Å². The Morgan fingerprint density at radius 2 is 2.15 bits per heavy atom. The monoisotopic (exact) mass is 297 g/mol. The molecule has 0 aromatic carbocycles. The van der Waals surface area contributed by atoms with Crippen molar-refractivity contribution < 1.29 is 14.3 Å².